The van der Waals surface area contributed by atoms with Crippen LogP contribution in [0.4, 0.5) is 8.78 Å². The Morgan fingerprint density at radius 1 is 1.26 bits per heavy atom. The predicted octanol–water partition coefficient (Wildman–Crippen LogP) is 3.62. The van der Waals surface area contributed by atoms with Crippen molar-refractivity contribution < 1.29 is 22.8 Å². The second kappa shape index (κ2) is 8.89. The summed E-state index contributed by atoms with van der Waals surface area (Å²) in [4.78, 5) is 23.0. The molecule has 1 saturated heterocycles. The van der Waals surface area contributed by atoms with Crippen molar-refractivity contribution in [3.05, 3.63) is 65.7 Å². The van der Waals surface area contributed by atoms with Crippen molar-refractivity contribution in [2.24, 2.45) is 0 Å². The van der Waals surface area contributed by atoms with Gasteiger partial charge in [-0.1, -0.05) is 5.16 Å². The average Bonchev–Trinajstić information content (AvgIpc) is 3.29. The van der Waals surface area contributed by atoms with E-state index < -0.39 is 23.0 Å². The number of methoxy groups -OCH3 is 1. The van der Waals surface area contributed by atoms with Crippen LogP contribution in [0.3, 0.4) is 0 Å². The lowest BCUT2D eigenvalue weighted by atomic mass is 9.75. The summed E-state index contributed by atoms with van der Waals surface area (Å²) in [6.07, 6.45) is 5.10. The van der Waals surface area contributed by atoms with Crippen LogP contribution in [-0.4, -0.2) is 52.7 Å². The molecule has 4 rings (SSSR count). The molecule has 1 aromatic carbocycles. The van der Waals surface area contributed by atoms with E-state index in [-0.39, 0.29) is 5.56 Å². The van der Waals surface area contributed by atoms with Gasteiger partial charge < -0.3 is 14.2 Å². The Kier molecular flexibility index (Phi) is 6.03. The van der Waals surface area contributed by atoms with E-state index in [9.17, 15) is 13.6 Å². The van der Waals surface area contributed by atoms with Gasteiger partial charge in [-0.3, -0.25) is 9.78 Å². The molecule has 2 aromatic heterocycles. The van der Waals surface area contributed by atoms with Gasteiger partial charge in [0.15, 0.2) is 5.82 Å². The number of piperidine rings is 1. The van der Waals surface area contributed by atoms with E-state index in [2.05, 4.69) is 15.1 Å². The van der Waals surface area contributed by atoms with E-state index >= 15 is 0 Å². The molecule has 3 aromatic rings. The van der Waals surface area contributed by atoms with Crippen LogP contribution < -0.4 is 0 Å². The largest absolute Gasteiger partial charge is 0.385 e. The Morgan fingerprint density at radius 2 is 2.06 bits per heavy atom. The predicted molar refractivity (Wildman–Crippen MR) is 107 cm³/mol. The molecule has 0 spiro atoms. The van der Waals surface area contributed by atoms with E-state index in [1.54, 1.807) is 30.5 Å². The zero-order chi connectivity index (χ0) is 21.8. The Balaban J connectivity index is 1.54. The van der Waals surface area contributed by atoms with Crippen LogP contribution >= 0.6 is 0 Å². The third kappa shape index (κ3) is 4.32. The Hall–Kier alpha value is -3.20. The van der Waals surface area contributed by atoms with Crippen molar-refractivity contribution in [2.75, 3.05) is 26.8 Å². The van der Waals surface area contributed by atoms with Crippen LogP contribution in [0.25, 0.3) is 11.5 Å². The van der Waals surface area contributed by atoms with Crippen molar-refractivity contribution in [3.63, 3.8) is 0 Å². The minimum atomic E-state index is -0.861. The van der Waals surface area contributed by atoms with Crippen molar-refractivity contribution in [1.29, 1.82) is 0 Å². The minimum absolute atomic E-state index is 0.135. The fraction of sp³-hybridized carbons (Fsp3) is 0.364. The summed E-state index contributed by atoms with van der Waals surface area (Å²) in [5, 5.41) is 4.22. The van der Waals surface area contributed by atoms with Gasteiger partial charge in [0.1, 0.15) is 11.6 Å². The summed E-state index contributed by atoms with van der Waals surface area (Å²) < 4.78 is 38.0. The fourth-order valence-corrected chi connectivity index (χ4v) is 3.90. The maximum Gasteiger partial charge on any atom is 0.259 e. The average molecular weight is 428 g/mol. The van der Waals surface area contributed by atoms with Gasteiger partial charge >= 0.3 is 0 Å². The maximum atomic E-state index is 14.1. The van der Waals surface area contributed by atoms with Gasteiger partial charge in [-0.25, -0.2) is 8.78 Å². The van der Waals surface area contributed by atoms with E-state index in [4.69, 9.17) is 9.26 Å². The van der Waals surface area contributed by atoms with Gasteiger partial charge in [0.25, 0.3) is 11.8 Å². The molecule has 0 unspecified atom stereocenters. The topological polar surface area (TPSA) is 81.3 Å². The molecule has 1 aliphatic rings. The molecule has 1 amide bonds. The van der Waals surface area contributed by atoms with Crippen LogP contribution in [0.5, 0.6) is 0 Å². The zero-order valence-electron chi connectivity index (χ0n) is 17.1. The van der Waals surface area contributed by atoms with Crippen LogP contribution in [-0.2, 0) is 10.2 Å². The molecule has 0 saturated carbocycles. The number of nitrogens with zero attached hydrogens (tertiary/aromatic N) is 4. The summed E-state index contributed by atoms with van der Waals surface area (Å²) in [7, 11) is 1.63. The number of rotatable bonds is 6. The second-order valence-corrected chi connectivity index (χ2v) is 7.60. The number of halogens is 2. The first-order valence-corrected chi connectivity index (χ1v) is 10.0. The highest BCUT2D eigenvalue weighted by Gasteiger charge is 2.41. The molecule has 1 aliphatic heterocycles. The van der Waals surface area contributed by atoms with E-state index in [0.717, 1.165) is 17.7 Å². The lowest BCUT2D eigenvalue weighted by Gasteiger charge is -2.39. The van der Waals surface area contributed by atoms with Crippen LogP contribution in [0, 0.1) is 11.6 Å². The zero-order valence-corrected chi connectivity index (χ0v) is 17.1. The van der Waals surface area contributed by atoms with Crippen LogP contribution in [0.1, 0.15) is 35.4 Å². The summed E-state index contributed by atoms with van der Waals surface area (Å²) in [5.74, 6) is -1.09. The van der Waals surface area contributed by atoms with Crippen molar-refractivity contribution in [3.8, 4) is 11.5 Å². The van der Waals surface area contributed by atoms with Crippen molar-refractivity contribution in [1.82, 2.24) is 20.0 Å². The second-order valence-electron chi connectivity index (χ2n) is 7.60. The highest BCUT2D eigenvalue weighted by atomic mass is 19.1. The summed E-state index contributed by atoms with van der Waals surface area (Å²) >= 11 is 0. The van der Waals surface area contributed by atoms with Gasteiger partial charge in [0, 0.05) is 50.7 Å². The van der Waals surface area contributed by atoms with Gasteiger partial charge in [-0.15, -0.1) is 0 Å². The van der Waals surface area contributed by atoms with Crippen molar-refractivity contribution in [2.45, 2.75) is 24.7 Å². The lowest BCUT2D eigenvalue weighted by Crippen LogP contribution is -2.46. The lowest BCUT2D eigenvalue weighted by molar-refractivity contribution is 0.0612. The molecular weight excluding hydrogens is 406 g/mol. The van der Waals surface area contributed by atoms with Gasteiger partial charge in [0.2, 0.25) is 0 Å². The van der Waals surface area contributed by atoms with E-state index in [1.807, 2.05) is 6.07 Å². The number of benzene rings is 1. The molecule has 3 heterocycles. The highest BCUT2D eigenvalue weighted by molar-refractivity contribution is 5.94. The molecule has 0 bridgehead atoms. The monoisotopic (exact) mass is 428 g/mol. The molecule has 9 heteroatoms. The standard InChI is InChI=1S/C22H22F2N4O3/c1-30-12-8-22(21-26-19(31-27-21)15-3-2-9-25-14-15)6-10-28(11-7-22)20(29)17-5-4-16(23)13-18(17)24/h2-5,9,13-14H,6-8,10-12H2,1H3. The molecule has 0 N–H and O–H groups in total. The Labute approximate surface area is 178 Å². The summed E-state index contributed by atoms with van der Waals surface area (Å²) in [6.45, 7) is 1.27. The number of hydrogen-bond acceptors (Lipinski definition) is 6. The number of carbonyl (C=O) groups is 1. The van der Waals surface area contributed by atoms with Crippen LogP contribution in [0.15, 0.2) is 47.2 Å². The number of ether oxygens (including phenoxy) is 1. The minimum Gasteiger partial charge on any atom is -0.385 e. The maximum absolute atomic E-state index is 14.1. The van der Waals surface area contributed by atoms with Gasteiger partial charge in [0.05, 0.1) is 11.1 Å². The molecule has 31 heavy (non-hydrogen) atoms. The number of hydrogen-bond donors (Lipinski definition) is 0. The first kappa shape index (κ1) is 21.0. The number of amides is 1. The van der Waals surface area contributed by atoms with Crippen molar-refractivity contribution >= 4 is 5.91 Å². The third-order valence-corrected chi connectivity index (χ3v) is 5.76. The Morgan fingerprint density at radius 3 is 2.74 bits per heavy atom. The summed E-state index contributed by atoms with van der Waals surface area (Å²) in [6, 6.07) is 6.62. The molecule has 0 atom stereocenters. The number of likely N-dealkylation sites (tertiary alicyclic amines) is 1. The van der Waals surface area contributed by atoms with Crippen LogP contribution in [0.2, 0.25) is 0 Å². The molecule has 1 fully saturated rings. The number of pyridine rings is 1. The summed E-state index contributed by atoms with van der Waals surface area (Å²) in [5.41, 5.74) is 0.157. The SMILES string of the molecule is COCCC1(c2noc(-c3cccnc3)n2)CCN(C(=O)c2ccc(F)cc2F)CC1. The van der Waals surface area contributed by atoms with E-state index in [1.165, 1.54) is 6.07 Å². The van der Waals surface area contributed by atoms with Gasteiger partial charge in [-0.2, -0.15) is 4.98 Å². The highest BCUT2D eigenvalue weighted by Crippen LogP contribution is 2.38. The molecule has 162 valence electrons. The van der Waals surface area contributed by atoms with E-state index in [0.29, 0.717) is 50.7 Å². The number of carbonyl (C=O) groups excluding carboxylic acids is 1. The molecule has 7 nitrogen and oxygen atoms in total. The normalized spacial score (nSPS) is 15.8. The Bertz CT molecular complexity index is 1050. The smallest absolute Gasteiger partial charge is 0.259 e. The quantitative estimate of drug-likeness (QED) is 0.597. The number of aromatic nitrogens is 3. The fourth-order valence-electron chi connectivity index (χ4n) is 3.90. The first-order chi connectivity index (χ1) is 15.0. The third-order valence-electron chi connectivity index (χ3n) is 5.76. The molecule has 0 radical (unpaired) electrons. The first-order valence-electron chi connectivity index (χ1n) is 10.0. The molecular formula is C22H22F2N4O3. The van der Waals surface area contributed by atoms with Gasteiger partial charge in [-0.05, 0) is 43.5 Å². The molecule has 0 aliphatic carbocycles.